The zero-order valence-corrected chi connectivity index (χ0v) is 26.7. The number of hydrogen-bond donors (Lipinski definition) is 1. The van der Waals surface area contributed by atoms with Gasteiger partial charge in [-0.05, 0) is 76.3 Å². The second-order valence-electron chi connectivity index (χ2n) is 13.1. The van der Waals surface area contributed by atoms with Crippen LogP contribution in [0.15, 0.2) is 42.6 Å². The molecule has 3 aliphatic rings. The third kappa shape index (κ3) is 5.04. The summed E-state index contributed by atoms with van der Waals surface area (Å²) < 4.78 is 23.1. The highest BCUT2D eigenvalue weighted by atomic mass is 31.0. The number of benzene rings is 2. The van der Waals surface area contributed by atoms with E-state index in [1.54, 1.807) is 6.20 Å². The maximum Gasteiger partial charge on any atom is 0.317 e. The molecule has 4 aromatic rings. The van der Waals surface area contributed by atoms with Crippen molar-refractivity contribution in [2.45, 2.75) is 61.8 Å². The number of nitrogens with one attached hydrogen (secondary N) is 1. The molecule has 44 heavy (non-hydrogen) atoms. The second-order valence-corrected chi connectivity index (χ2v) is 14.0. The molecule has 1 N–H and O–H groups in total. The summed E-state index contributed by atoms with van der Waals surface area (Å²) >= 11 is 0. The molecule has 228 valence electrons. The van der Waals surface area contributed by atoms with Gasteiger partial charge in [0.25, 0.3) is 0 Å². The molecular weight excluding hydrogens is 570 g/mol. The van der Waals surface area contributed by atoms with Gasteiger partial charge in [-0.15, -0.1) is 15.7 Å². The van der Waals surface area contributed by atoms with E-state index in [1.165, 1.54) is 6.42 Å². The van der Waals surface area contributed by atoms with Crippen molar-refractivity contribution >= 4 is 30.9 Å². The highest BCUT2D eigenvalue weighted by molar-refractivity contribution is 7.17. The van der Waals surface area contributed by atoms with Crippen LogP contribution in [0.25, 0.3) is 32.9 Å². The first-order valence-electron chi connectivity index (χ1n) is 15.7. The Labute approximate surface area is 261 Å². The number of rotatable bonds is 9. The van der Waals surface area contributed by atoms with Crippen molar-refractivity contribution in [1.82, 2.24) is 30.1 Å². The normalized spacial score (nSPS) is 22.8. The van der Waals surface area contributed by atoms with Gasteiger partial charge in [-0.3, -0.25) is 9.88 Å². The minimum absolute atomic E-state index is 0.0119. The van der Waals surface area contributed by atoms with Crippen molar-refractivity contribution in [2.75, 3.05) is 40.3 Å². The Morgan fingerprint density at radius 1 is 1.16 bits per heavy atom. The summed E-state index contributed by atoms with van der Waals surface area (Å²) in [6, 6.07) is 11.7. The van der Waals surface area contributed by atoms with Crippen LogP contribution in [0, 0.1) is 18.2 Å². The number of nitrogens with zero attached hydrogens (tertiary/aromatic N) is 5. The molecule has 3 fully saturated rings. The molecule has 4 heterocycles. The lowest BCUT2D eigenvalue weighted by Gasteiger charge is -2.47. The molecule has 3 atom stereocenters. The topological polar surface area (TPSA) is 66.4 Å². The number of terminal acetylenes is 1. The number of pyridine rings is 1. The fourth-order valence-corrected chi connectivity index (χ4v) is 8.38. The van der Waals surface area contributed by atoms with Crippen molar-refractivity contribution in [3.05, 3.63) is 59.7 Å². The molecule has 2 saturated heterocycles. The molecule has 1 unspecified atom stereocenters. The van der Waals surface area contributed by atoms with Gasteiger partial charge in [0.1, 0.15) is 17.8 Å². The first kappa shape index (κ1) is 29.5. The number of fused-ring (bicyclic) bond motifs is 3. The third-order valence-electron chi connectivity index (χ3n) is 10.3. The summed E-state index contributed by atoms with van der Waals surface area (Å²) in [6.45, 7) is 3.93. The molecule has 1 saturated carbocycles. The molecule has 7 rings (SSSR count). The summed E-state index contributed by atoms with van der Waals surface area (Å²) in [4.78, 5) is 19.1. The van der Waals surface area contributed by atoms with Crippen molar-refractivity contribution in [2.24, 2.45) is 0 Å². The fraction of sp³-hybridized carbons (Fsp3) is 0.457. The van der Waals surface area contributed by atoms with Gasteiger partial charge in [-0.25, -0.2) is 4.39 Å². The SMILES string of the molecule is C#Cc1cccc2cccc(-c3ncc4c(CNCC5(N(C)C)CCC5)nc(OC[C@@]56CCCN5C[C@H](P)C6)nc4c3F)c12. The molecule has 0 spiro atoms. The molecule has 2 aromatic carbocycles. The Kier molecular flexibility index (Phi) is 7.79. The summed E-state index contributed by atoms with van der Waals surface area (Å²) in [5.74, 6) is 2.26. The van der Waals surface area contributed by atoms with Gasteiger partial charge in [0.2, 0.25) is 0 Å². The van der Waals surface area contributed by atoms with Crippen LogP contribution in [0.2, 0.25) is 0 Å². The first-order valence-corrected chi connectivity index (χ1v) is 16.3. The number of likely N-dealkylation sites (N-methyl/N-ethyl adjacent to an activating group) is 1. The average Bonchev–Trinajstić information content (AvgIpc) is 3.52. The Balaban J connectivity index is 1.28. The lowest BCUT2D eigenvalue weighted by Crippen LogP contribution is -2.56. The highest BCUT2D eigenvalue weighted by Gasteiger charge is 2.48. The van der Waals surface area contributed by atoms with Crippen LogP contribution < -0.4 is 10.1 Å². The number of aromatic nitrogens is 3. The third-order valence-corrected chi connectivity index (χ3v) is 10.8. The van der Waals surface area contributed by atoms with E-state index in [0.717, 1.165) is 62.5 Å². The molecule has 9 heteroatoms. The minimum atomic E-state index is -0.495. The Morgan fingerprint density at radius 2 is 1.98 bits per heavy atom. The quantitative estimate of drug-likeness (QED) is 0.201. The zero-order chi connectivity index (χ0) is 30.5. The maximum absolute atomic E-state index is 16.7. The van der Waals surface area contributed by atoms with Crippen LogP contribution in [0.5, 0.6) is 6.01 Å². The molecular formula is C35H40FN6OP. The van der Waals surface area contributed by atoms with Gasteiger partial charge in [0, 0.05) is 53.3 Å². The average molecular weight is 611 g/mol. The number of halogens is 1. The van der Waals surface area contributed by atoms with Crippen molar-refractivity contribution in [3.8, 4) is 29.6 Å². The Hall–Kier alpha value is -3.21. The van der Waals surface area contributed by atoms with E-state index in [0.29, 0.717) is 41.0 Å². The molecule has 1 aliphatic carbocycles. The molecule has 7 nitrogen and oxygen atoms in total. The predicted molar refractivity (Wildman–Crippen MR) is 177 cm³/mol. The fourth-order valence-electron chi connectivity index (χ4n) is 7.69. The minimum Gasteiger partial charge on any atom is -0.461 e. The van der Waals surface area contributed by atoms with Gasteiger partial charge in [-0.1, -0.05) is 36.3 Å². The number of ether oxygens (including phenoxy) is 1. The molecule has 0 amide bonds. The van der Waals surface area contributed by atoms with E-state index in [2.05, 4.69) is 49.4 Å². The van der Waals surface area contributed by atoms with Gasteiger partial charge >= 0.3 is 6.01 Å². The summed E-state index contributed by atoms with van der Waals surface area (Å²) in [5, 5.41) is 5.94. The monoisotopic (exact) mass is 610 g/mol. The van der Waals surface area contributed by atoms with E-state index in [-0.39, 0.29) is 28.3 Å². The van der Waals surface area contributed by atoms with Gasteiger partial charge < -0.3 is 15.0 Å². The van der Waals surface area contributed by atoms with E-state index >= 15 is 4.39 Å². The number of hydrogen-bond acceptors (Lipinski definition) is 7. The summed E-state index contributed by atoms with van der Waals surface area (Å²) in [7, 11) is 7.26. The smallest absolute Gasteiger partial charge is 0.317 e. The Bertz CT molecular complexity index is 1760. The Morgan fingerprint density at radius 3 is 2.73 bits per heavy atom. The predicted octanol–water partition coefficient (Wildman–Crippen LogP) is 5.40. The summed E-state index contributed by atoms with van der Waals surface area (Å²) in [6.07, 6.45) is 14.4. The van der Waals surface area contributed by atoms with Crippen LogP contribution >= 0.6 is 9.24 Å². The van der Waals surface area contributed by atoms with E-state index in [9.17, 15) is 0 Å². The summed E-state index contributed by atoms with van der Waals surface area (Å²) in [5.41, 5.74) is 3.15. The van der Waals surface area contributed by atoms with Crippen molar-refractivity contribution in [3.63, 3.8) is 0 Å². The van der Waals surface area contributed by atoms with E-state index in [1.807, 2.05) is 36.4 Å². The van der Waals surface area contributed by atoms with Crippen LogP contribution in [0.4, 0.5) is 4.39 Å². The maximum atomic E-state index is 16.7. The highest BCUT2D eigenvalue weighted by Crippen LogP contribution is 2.42. The molecule has 0 radical (unpaired) electrons. The van der Waals surface area contributed by atoms with Gasteiger partial charge in [0.05, 0.1) is 11.2 Å². The van der Waals surface area contributed by atoms with Crippen LogP contribution in [-0.2, 0) is 6.54 Å². The van der Waals surface area contributed by atoms with E-state index < -0.39 is 5.82 Å². The molecule has 2 aromatic heterocycles. The van der Waals surface area contributed by atoms with Gasteiger partial charge in [-0.2, -0.15) is 9.97 Å². The first-order chi connectivity index (χ1) is 21.3. The van der Waals surface area contributed by atoms with Crippen LogP contribution in [0.1, 0.15) is 49.8 Å². The molecule has 0 bridgehead atoms. The standard InChI is InChI=1S/C35H40FN6OP/c1-4-23-9-5-10-24-11-6-12-26(29(23)24)31-30(36)32-27(18-38-31)28(19-37-21-34(41(2)3)13-7-14-34)39-33(40-32)43-22-35-15-8-16-42(35)20-25(44)17-35/h1,5-6,9-12,18,25,37H,7-8,13-17,19-22,44H2,2-3H3/t25-,35+/m1/s1. The van der Waals surface area contributed by atoms with Crippen LogP contribution in [0.3, 0.4) is 0 Å². The lowest BCUT2D eigenvalue weighted by atomic mass is 9.75. The van der Waals surface area contributed by atoms with Crippen LogP contribution in [-0.4, -0.2) is 81.8 Å². The largest absolute Gasteiger partial charge is 0.461 e. The van der Waals surface area contributed by atoms with E-state index in [4.69, 9.17) is 21.1 Å². The lowest BCUT2D eigenvalue weighted by molar-refractivity contribution is 0.0597. The van der Waals surface area contributed by atoms with Crippen molar-refractivity contribution < 1.29 is 9.13 Å². The van der Waals surface area contributed by atoms with Crippen molar-refractivity contribution in [1.29, 1.82) is 0 Å². The van der Waals surface area contributed by atoms with Gasteiger partial charge in [0.15, 0.2) is 5.82 Å². The molecule has 2 aliphatic heterocycles. The zero-order valence-electron chi connectivity index (χ0n) is 25.6. The second kappa shape index (κ2) is 11.6.